The van der Waals surface area contributed by atoms with Gasteiger partial charge in [-0.25, -0.2) is 0 Å². The minimum Gasteiger partial charge on any atom is -0.469 e. The van der Waals surface area contributed by atoms with Gasteiger partial charge in [-0.15, -0.1) is 0 Å². The van der Waals surface area contributed by atoms with E-state index >= 15 is 0 Å². The molecule has 1 aliphatic heterocycles. The number of methoxy groups -OCH3 is 1. The van der Waals surface area contributed by atoms with E-state index in [-0.39, 0.29) is 11.9 Å². The molecule has 1 aromatic rings. The highest BCUT2D eigenvalue weighted by atomic mass is 32.1. The predicted molar refractivity (Wildman–Crippen MR) is 66.5 cm³/mol. The van der Waals surface area contributed by atoms with Crippen LogP contribution in [-0.2, 0) is 9.53 Å². The van der Waals surface area contributed by atoms with E-state index in [0.717, 1.165) is 10.7 Å². The molecule has 1 saturated heterocycles. The van der Waals surface area contributed by atoms with E-state index in [1.165, 1.54) is 7.11 Å². The summed E-state index contributed by atoms with van der Waals surface area (Å²) in [7, 11) is 1.41. The standard InChI is InChI=1S/C12H13NO2S/c1-15-12(14)9-7-11(16)13(8-9)10-5-3-2-4-6-10/h2-6,9H,7-8H2,1H3. The van der Waals surface area contributed by atoms with Crippen LogP contribution < -0.4 is 4.90 Å². The number of thiocarbonyl (C=S) groups is 1. The quantitative estimate of drug-likeness (QED) is 0.579. The van der Waals surface area contributed by atoms with Gasteiger partial charge in [0.15, 0.2) is 0 Å². The van der Waals surface area contributed by atoms with Crippen molar-refractivity contribution in [2.24, 2.45) is 5.92 Å². The van der Waals surface area contributed by atoms with Crippen molar-refractivity contribution >= 4 is 28.9 Å². The topological polar surface area (TPSA) is 29.5 Å². The molecular weight excluding hydrogens is 222 g/mol. The Labute approximate surface area is 100 Å². The van der Waals surface area contributed by atoms with Gasteiger partial charge in [0.2, 0.25) is 0 Å². The van der Waals surface area contributed by atoms with Gasteiger partial charge in [0, 0.05) is 18.7 Å². The molecule has 0 radical (unpaired) electrons. The van der Waals surface area contributed by atoms with Gasteiger partial charge in [-0.2, -0.15) is 0 Å². The second-order valence-electron chi connectivity index (χ2n) is 3.76. The number of nitrogens with zero attached hydrogens (tertiary/aromatic N) is 1. The van der Waals surface area contributed by atoms with Crippen LogP contribution in [0.4, 0.5) is 5.69 Å². The molecule has 1 atom stereocenters. The highest BCUT2D eigenvalue weighted by Crippen LogP contribution is 2.26. The number of carbonyl (C=O) groups excluding carboxylic acids is 1. The third-order valence-electron chi connectivity index (χ3n) is 2.73. The Bertz CT molecular complexity index is 405. The van der Waals surface area contributed by atoms with Crippen molar-refractivity contribution in [3.63, 3.8) is 0 Å². The minimum atomic E-state index is -0.180. The van der Waals surface area contributed by atoms with Crippen molar-refractivity contribution in [2.45, 2.75) is 6.42 Å². The molecule has 0 saturated carbocycles. The van der Waals surface area contributed by atoms with Crippen molar-refractivity contribution in [3.05, 3.63) is 30.3 Å². The number of ether oxygens (including phenoxy) is 1. The summed E-state index contributed by atoms with van der Waals surface area (Å²) in [5.41, 5.74) is 1.04. The lowest BCUT2D eigenvalue weighted by Crippen LogP contribution is -2.25. The maximum absolute atomic E-state index is 11.4. The highest BCUT2D eigenvalue weighted by Gasteiger charge is 2.33. The van der Waals surface area contributed by atoms with Crippen LogP contribution in [0.15, 0.2) is 30.3 Å². The smallest absolute Gasteiger partial charge is 0.310 e. The molecule has 2 rings (SSSR count). The number of rotatable bonds is 2. The average Bonchev–Trinajstić information content (AvgIpc) is 2.71. The minimum absolute atomic E-state index is 0.127. The van der Waals surface area contributed by atoms with E-state index in [1.807, 2.05) is 35.2 Å². The predicted octanol–water partition coefficient (Wildman–Crippen LogP) is 2.01. The zero-order valence-corrected chi connectivity index (χ0v) is 9.87. The lowest BCUT2D eigenvalue weighted by molar-refractivity contribution is -0.144. The normalized spacial score (nSPS) is 19.9. The van der Waals surface area contributed by atoms with Crippen LogP contribution in [-0.4, -0.2) is 24.6 Å². The fraction of sp³-hybridized carbons (Fsp3) is 0.333. The lowest BCUT2D eigenvalue weighted by Gasteiger charge is -2.17. The summed E-state index contributed by atoms with van der Waals surface area (Å²) in [6.07, 6.45) is 0.608. The second-order valence-corrected chi connectivity index (χ2v) is 4.24. The van der Waals surface area contributed by atoms with E-state index in [4.69, 9.17) is 17.0 Å². The maximum Gasteiger partial charge on any atom is 0.310 e. The molecule has 0 aromatic heterocycles. The van der Waals surface area contributed by atoms with Gasteiger partial charge in [-0.3, -0.25) is 4.79 Å². The molecule has 84 valence electrons. The summed E-state index contributed by atoms with van der Waals surface area (Å²) in [5, 5.41) is 0. The van der Waals surface area contributed by atoms with Gasteiger partial charge in [0.05, 0.1) is 18.0 Å². The summed E-state index contributed by atoms with van der Waals surface area (Å²) in [6, 6.07) is 9.87. The van der Waals surface area contributed by atoms with Crippen LogP contribution in [0.3, 0.4) is 0 Å². The Morgan fingerprint density at radius 1 is 1.44 bits per heavy atom. The maximum atomic E-state index is 11.4. The van der Waals surface area contributed by atoms with E-state index in [9.17, 15) is 4.79 Å². The molecule has 0 amide bonds. The summed E-state index contributed by atoms with van der Waals surface area (Å²) in [6.45, 7) is 0.621. The lowest BCUT2D eigenvalue weighted by atomic mass is 10.1. The number of para-hydroxylation sites is 1. The van der Waals surface area contributed by atoms with E-state index in [0.29, 0.717) is 13.0 Å². The Morgan fingerprint density at radius 2 is 2.12 bits per heavy atom. The molecule has 0 N–H and O–H groups in total. The first kappa shape index (κ1) is 11.1. The number of hydrogen-bond donors (Lipinski definition) is 0. The number of esters is 1. The molecule has 3 nitrogen and oxygen atoms in total. The number of hydrogen-bond acceptors (Lipinski definition) is 3. The van der Waals surface area contributed by atoms with Crippen molar-refractivity contribution in [2.75, 3.05) is 18.6 Å². The Balaban J connectivity index is 2.14. The Morgan fingerprint density at radius 3 is 2.75 bits per heavy atom. The SMILES string of the molecule is COC(=O)C1CC(=S)N(c2ccccc2)C1. The van der Waals surface area contributed by atoms with Crippen LogP contribution in [0.1, 0.15) is 6.42 Å². The van der Waals surface area contributed by atoms with Gasteiger partial charge in [0.1, 0.15) is 0 Å². The van der Waals surface area contributed by atoms with Gasteiger partial charge in [-0.1, -0.05) is 30.4 Å². The third-order valence-corrected chi connectivity index (χ3v) is 3.11. The zero-order valence-electron chi connectivity index (χ0n) is 9.05. The molecule has 0 aliphatic carbocycles. The van der Waals surface area contributed by atoms with Crippen LogP contribution >= 0.6 is 12.2 Å². The molecule has 1 heterocycles. The van der Waals surface area contributed by atoms with Crippen molar-refractivity contribution in [1.82, 2.24) is 0 Å². The zero-order chi connectivity index (χ0) is 11.5. The highest BCUT2D eigenvalue weighted by molar-refractivity contribution is 7.80. The average molecular weight is 235 g/mol. The number of carbonyl (C=O) groups is 1. The summed E-state index contributed by atoms with van der Waals surface area (Å²) < 4.78 is 4.74. The first-order valence-corrected chi connectivity index (χ1v) is 5.56. The van der Waals surface area contributed by atoms with Crippen LogP contribution in [0.2, 0.25) is 0 Å². The first-order chi connectivity index (χ1) is 7.72. The molecule has 1 aliphatic rings. The van der Waals surface area contributed by atoms with Crippen LogP contribution in [0.5, 0.6) is 0 Å². The fourth-order valence-electron chi connectivity index (χ4n) is 1.89. The van der Waals surface area contributed by atoms with Crippen LogP contribution in [0, 0.1) is 5.92 Å². The second kappa shape index (κ2) is 4.61. The molecule has 1 unspecified atom stereocenters. The molecule has 1 aromatic carbocycles. The summed E-state index contributed by atoms with van der Waals surface area (Å²) in [4.78, 5) is 14.2. The molecule has 16 heavy (non-hydrogen) atoms. The van der Waals surface area contributed by atoms with Crippen molar-refractivity contribution < 1.29 is 9.53 Å². The van der Waals surface area contributed by atoms with Crippen molar-refractivity contribution in [3.8, 4) is 0 Å². The molecule has 0 bridgehead atoms. The molecule has 4 heteroatoms. The first-order valence-electron chi connectivity index (χ1n) is 5.15. The van der Waals surface area contributed by atoms with E-state index in [2.05, 4.69) is 0 Å². The molecule has 1 fully saturated rings. The van der Waals surface area contributed by atoms with Gasteiger partial charge in [-0.05, 0) is 12.1 Å². The third kappa shape index (κ3) is 2.07. The number of benzene rings is 1. The fourth-order valence-corrected chi connectivity index (χ4v) is 2.27. The largest absolute Gasteiger partial charge is 0.469 e. The van der Waals surface area contributed by atoms with Crippen molar-refractivity contribution in [1.29, 1.82) is 0 Å². The Hall–Kier alpha value is -1.42. The van der Waals surface area contributed by atoms with Gasteiger partial charge in [0.25, 0.3) is 0 Å². The summed E-state index contributed by atoms with van der Waals surface area (Å²) >= 11 is 5.28. The van der Waals surface area contributed by atoms with Crippen LogP contribution in [0.25, 0.3) is 0 Å². The Kier molecular flexibility index (Phi) is 3.19. The van der Waals surface area contributed by atoms with Gasteiger partial charge >= 0.3 is 5.97 Å². The molecular formula is C12H13NO2S. The van der Waals surface area contributed by atoms with E-state index in [1.54, 1.807) is 0 Å². The molecule has 0 spiro atoms. The van der Waals surface area contributed by atoms with E-state index < -0.39 is 0 Å². The summed E-state index contributed by atoms with van der Waals surface area (Å²) in [5.74, 6) is -0.307. The number of anilines is 1. The monoisotopic (exact) mass is 235 g/mol. The van der Waals surface area contributed by atoms with Gasteiger partial charge < -0.3 is 9.64 Å².